The van der Waals surface area contributed by atoms with E-state index in [9.17, 15) is 4.79 Å². The summed E-state index contributed by atoms with van der Waals surface area (Å²) in [5, 5.41) is 0.714. The Kier molecular flexibility index (Phi) is 7.77. The largest absolute Gasteiger partial charge is 0.337 e. The summed E-state index contributed by atoms with van der Waals surface area (Å²) in [5.74, 6) is -0.0432. The summed E-state index contributed by atoms with van der Waals surface area (Å²) >= 11 is 5.06. The fraction of sp³-hybridized carbons (Fsp3) is 0.115. The Labute approximate surface area is 216 Å². The lowest BCUT2D eigenvalue weighted by Crippen LogP contribution is -2.32. The molecule has 0 aliphatic rings. The highest BCUT2D eigenvalue weighted by Crippen LogP contribution is 2.32. The van der Waals surface area contributed by atoms with E-state index in [0.29, 0.717) is 17.2 Å². The highest BCUT2D eigenvalue weighted by molar-refractivity contribution is 9.10. The minimum absolute atomic E-state index is 0. The molecule has 0 saturated carbocycles. The van der Waals surface area contributed by atoms with Crippen LogP contribution in [-0.4, -0.2) is 27.0 Å². The van der Waals surface area contributed by atoms with Gasteiger partial charge in [-0.15, -0.1) is 12.4 Å². The number of aromatic nitrogens is 3. The predicted molar refractivity (Wildman–Crippen MR) is 145 cm³/mol. The monoisotopic (exact) mass is 552 g/mol. The van der Waals surface area contributed by atoms with Crippen LogP contribution >= 0.6 is 39.7 Å². The van der Waals surface area contributed by atoms with E-state index in [1.165, 1.54) is 11.3 Å². The molecule has 3 aromatic carbocycles. The third-order valence-electron chi connectivity index (χ3n) is 5.41. The number of fused-ring (bicyclic) bond motifs is 1. The summed E-state index contributed by atoms with van der Waals surface area (Å²) < 4.78 is 4.07. The Balaban J connectivity index is 0.00000274. The molecule has 0 atom stereocenters. The summed E-state index contributed by atoms with van der Waals surface area (Å²) in [7, 11) is 0. The van der Waals surface area contributed by atoms with E-state index in [-0.39, 0.29) is 18.3 Å². The average Bonchev–Trinajstić information content (AvgIpc) is 3.52. The van der Waals surface area contributed by atoms with Crippen LogP contribution in [0.15, 0.2) is 96.0 Å². The molecule has 0 unspecified atom stereocenters. The number of nitrogens with zero attached hydrogens (tertiary/aromatic N) is 4. The maximum Gasteiger partial charge on any atom is 0.260 e. The highest BCUT2D eigenvalue weighted by Gasteiger charge is 2.21. The summed E-state index contributed by atoms with van der Waals surface area (Å²) in [6, 6.07) is 24.0. The number of hydrogen-bond donors (Lipinski definition) is 0. The van der Waals surface area contributed by atoms with Gasteiger partial charge < -0.3 is 4.57 Å². The van der Waals surface area contributed by atoms with E-state index in [4.69, 9.17) is 4.98 Å². The van der Waals surface area contributed by atoms with Gasteiger partial charge in [0.05, 0.1) is 16.5 Å². The molecule has 8 heteroatoms. The Morgan fingerprint density at radius 1 is 1.00 bits per heavy atom. The van der Waals surface area contributed by atoms with Gasteiger partial charge in [-0.2, -0.15) is 0 Å². The van der Waals surface area contributed by atoms with Gasteiger partial charge >= 0.3 is 0 Å². The van der Waals surface area contributed by atoms with Gasteiger partial charge in [0, 0.05) is 35.5 Å². The number of thiazole rings is 1. The minimum atomic E-state index is -0.0432. The molecule has 1 amide bonds. The van der Waals surface area contributed by atoms with Crippen LogP contribution in [0.5, 0.6) is 0 Å². The van der Waals surface area contributed by atoms with Crippen molar-refractivity contribution in [3.63, 3.8) is 0 Å². The minimum Gasteiger partial charge on any atom is -0.337 e. The number of carbonyl (C=O) groups is 1. The van der Waals surface area contributed by atoms with Crippen LogP contribution in [-0.2, 0) is 6.54 Å². The van der Waals surface area contributed by atoms with Crippen LogP contribution < -0.4 is 4.90 Å². The fourth-order valence-corrected chi connectivity index (χ4v) is 5.25. The van der Waals surface area contributed by atoms with Crippen molar-refractivity contribution in [2.24, 2.45) is 0 Å². The van der Waals surface area contributed by atoms with E-state index < -0.39 is 0 Å². The summed E-state index contributed by atoms with van der Waals surface area (Å²) in [5.41, 5.74) is 3.76. The zero-order chi connectivity index (χ0) is 22.6. The third kappa shape index (κ3) is 5.38. The zero-order valence-corrected chi connectivity index (χ0v) is 21.4. The first-order valence-corrected chi connectivity index (χ1v) is 12.3. The van der Waals surface area contributed by atoms with Gasteiger partial charge in [-0.25, -0.2) is 9.97 Å². The van der Waals surface area contributed by atoms with Gasteiger partial charge in [0.1, 0.15) is 0 Å². The lowest BCUT2D eigenvalue weighted by molar-refractivity contribution is 0.0986. The number of halogens is 2. The number of rotatable bonds is 7. The van der Waals surface area contributed by atoms with Crippen LogP contribution in [0, 0.1) is 0 Å². The number of anilines is 1. The van der Waals surface area contributed by atoms with Gasteiger partial charge in [-0.1, -0.05) is 69.7 Å². The van der Waals surface area contributed by atoms with E-state index >= 15 is 0 Å². The second-order valence-corrected chi connectivity index (χ2v) is 9.59. The molecule has 2 heterocycles. The number of carbonyl (C=O) groups excluding carboxylic acids is 1. The van der Waals surface area contributed by atoms with Crippen LogP contribution in [0.2, 0.25) is 0 Å². The number of imidazole rings is 1. The quantitative estimate of drug-likeness (QED) is 0.216. The normalized spacial score (nSPS) is 10.7. The third-order valence-corrected chi connectivity index (χ3v) is 6.95. The van der Waals surface area contributed by atoms with Gasteiger partial charge in [0.25, 0.3) is 5.91 Å². The SMILES string of the molecule is Cl.O=C(c1ccc(-c2ccccc2)cc1)N(CCCn1ccnc1)c1nc2ccc(Br)cc2s1. The van der Waals surface area contributed by atoms with Crippen molar-refractivity contribution in [2.75, 3.05) is 11.4 Å². The molecule has 34 heavy (non-hydrogen) atoms. The maximum atomic E-state index is 13.6. The van der Waals surface area contributed by atoms with Crippen LogP contribution in [0.4, 0.5) is 5.13 Å². The molecule has 172 valence electrons. The summed E-state index contributed by atoms with van der Waals surface area (Å²) in [6.45, 7) is 1.35. The average molecular weight is 554 g/mol. The number of aryl methyl sites for hydroxylation is 1. The fourth-order valence-electron chi connectivity index (χ4n) is 3.71. The van der Waals surface area contributed by atoms with Crippen molar-refractivity contribution in [1.82, 2.24) is 14.5 Å². The first-order valence-electron chi connectivity index (χ1n) is 10.7. The molecule has 0 spiro atoms. The topological polar surface area (TPSA) is 51.0 Å². The highest BCUT2D eigenvalue weighted by atomic mass is 79.9. The Hall–Kier alpha value is -3.00. The van der Waals surface area contributed by atoms with Crippen molar-refractivity contribution in [1.29, 1.82) is 0 Å². The second kappa shape index (κ2) is 11.0. The van der Waals surface area contributed by atoms with Crippen LogP contribution in [0.1, 0.15) is 16.8 Å². The van der Waals surface area contributed by atoms with Gasteiger partial charge in [-0.05, 0) is 47.9 Å². The van der Waals surface area contributed by atoms with Crippen molar-refractivity contribution in [3.8, 4) is 11.1 Å². The number of hydrogen-bond acceptors (Lipinski definition) is 4. The maximum absolute atomic E-state index is 13.6. The van der Waals surface area contributed by atoms with Gasteiger partial charge in [-0.3, -0.25) is 9.69 Å². The first-order chi connectivity index (χ1) is 16.2. The number of benzene rings is 3. The van der Waals surface area contributed by atoms with Gasteiger partial charge in [0.15, 0.2) is 5.13 Å². The Bertz CT molecular complexity index is 1370. The lowest BCUT2D eigenvalue weighted by Gasteiger charge is -2.20. The molecular weight excluding hydrogens is 532 g/mol. The molecule has 0 aliphatic carbocycles. The van der Waals surface area contributed by atoms with Crippen molar-refractivity contribution in [3.05, 3.63) is 102 Å². The zero-order valence-electron chi connectivity index (χ0n) is 18.2. The molecule has 5 nitrogen and oxygen atoms in total. The molecular formula is C26H22BrClN4OS. The first kappa shape index (κ1) is 24.1. The van der Waals surface area contributed by atoms with Crippen LogP contribution in [0.3, 0.4) is 0 Å². The van der Waals surface area contributed by atoms with E-state index in [2.05, 4.69) is 33.0 Å². The molecule has 0 saturated heterocycles. The Morgan fingerprint density at radius 2 is 1.76 bits per heavy atom. The lowest BCUT2D eigenvalue weighted by atomic mass is 10.0. The predicted octanol–water partition coefficient (Wildman–Crippen LogP) is 7.08. The van der Waals surface area contributed by atoms with E-state index in [1.807, 2.05) is 71.4 Å². The molecule has 0 radical (unpaired) electrons. The standard InChI is InChI=1S/C26H21BrN4OS.ClH/c27-22-11-12-23-24(17-22)33-26(29-23)31(15-4-14-30-16-13-28-18-30)25(32)21-9-7-20(8-10-21)19-5-2-1-3-6-19;/h1-3,5-13,16-18H,4,14-15H2;1H. The molecule has 0 bridgehead atoms. The van der Waals surface area contributed by atoms with E-state index in [0.717, 1.165) is 38.8 Å². The molecule has 0 N–H and O–H groups in total. The molecule has 5 aromatic rings. The van der Waals surface area contributed by atoms with E-state index in [1.54, 1.807) is 17.4 Å². The van der Waals surface area contributed by atoms with Crippen molar-refractivity contribution >= 4 is 60.9 Å². The second-order valence-electron chi connectivity index (χ2n) is 7.66. The van der Waals surface area contributed by atoms with Crippen LogP contribution in [0.25, 0.3) is 21.3 Å². The molecule has 2 aromatic heterocycles. The molecule has 5 rings (SSSR count). The summed E-state index contributed by atoms with van der Waals surface area (Å²) in [6.07, 6.45) is 6.29. The molecule has 0 fully saturated rings. The number of amides is 1. The van der Waals surface area contributed by atoms with Crippen molar-refractivity contribution in [2.45, 2.75) is 13.0 Å². The van der Waals surface area contributed by atoms with Gasteiger partial charge in [0.2, 0.25) is 0 Å². The van der Waals surface area contributed by atoms with Crippen molar-refractivity contribution < 1.29 is 4.79 Å². The molecule has 0 aliphatic heterocycles. The smallest absolute Gasteiger partial charge is 0.260 e. The Morgan fingerprint density at radius 3 is 2.50 bits per heavy atom. The summed E-state index contributed by atoms with van der Waals surface area (Å²) in [4.78, 5) is 24.3.